The number of piperidine rings is 1. The van der Waals surface area contributed by atoms with Crippen LogP contribution in [0.25, 0.3) is 0 Å². The van der Waals surface area contributed by atoms with Crippen LogP contribution in [0.1, 0.15) is 19.8 Å². The highest BCUT2D eigenvalue weighted by molar-refractivity contribution is 14.1. The van der Waals surface area contributed by atoms with E-state index in [1.54, 1.807) is 0 Å². The van der Waals surface area contributed by atoms with Gasteiger partial charge in [0.15, 0.2) is 0 Å². The maximum atomic E-state index is 11.9. The topological polar surface area (TPSA) is 32.3 Å². The van der Waals surface area contributed by atoms with Crippen LogP contribution in [0.4, 0.5) is 5.69 Å². The molecule has 4 heteroatoms. The average molecular weight is 358 g/mol. The summed E-state index contributed by atoms with van der Waals surface area (Å²) < 4.78 is 1.18. The van der Waals surface area contributed by atoms with Gasteiger partial charge < -0.3 is 5.32 Å². The molecule has 1 fully saturated rings. The molecule has 1 aromatic rings. The van der Waals surface area contributed by atoms with Gasteiger partial charge in [0.05, 0.1) is 6.54 Å². The Morgan fingerprint density at radius 1 is 1.44 bits per heavy atom. The lowest BCUT2D eigenvalue weighted by Gasteiger charge is -2.30. The summed E-state index contributed by atoms with van der Waals surface area (Å²) in [6.07, 6.45) is 2.49. The second-order valence-corrected chi connectivity index (χ2v) is 6.28. The third-order valence-electron chi connectivity index (χ3n) is 3.24. The molecule has 1 atom stereocenters. The van der Waals surface area contributed by atoms with E-state index in [0.29, 0.717) is 12.5 Å². The van der Waals surface area contributed by atoms with Gasteiger partial charge in [-0.15, -0.1) is 0 Å². The van der Waals surface area contributed by atoms with Crippen molar-refractivity contribution >= 4 is 34.2 Å². The molecule has 1 amide bonds. The van der Waals surface area contributed by atoms with Gasteiger partial charge in [0.25, 0.3) is 0 Å². The van der Waals surface area contributed by atoms with E-state index in [4.69, 9.17) is 0 Å². The van der Waals surface area contributed by atoms with Crippen LogP contribution in [0.2, 0.25) is 0 Å². The Labute approximate surface area is 122 Å². The van der Waals surface area contributed by atoms with E-state index in [2.05, 4.69) is 39.7 Å². The average Bonchev–Trinajstić information content (AvgIpc) is 2.32. The molecule has 0 radical (unpaired) electrons. The van der Waals surface area contributed by atoms with Crippen molar-refractivity contribution in [3.63, 3.8) is 0 Å². The zero-order valence-corrected chi connectivity index (χ0v) is 12.8. The van der Waals surface area contributed by atoms with Crippen molar-refractivity contribution in [1.29, 1.82) is 0 Å². The number of benzene rings is 1. The molecule has 2 rings (SSSR count). The van der Waals surface area contributed by atoms with E-state index in [1.165, 1.54) is 16.4 Å². The van der Waals surface area contributed by atoms with E-state index in [0.717, 1.165) is 18.8 Å². The van der Waals surface area contributed by atoms with Crippen LogP contribution in [0, 0.1) is 9.49 Å². The van der Waals surface area contributed by atoms with E-state index in [1.807, 2.05) is 24.3 Å². The number of carbonyl (C=O) groups is 1. The van der Waals surface area contributed by atoms with Crippen LogP contribution in [0.15, 0.2) is 24.3 Å². The van der Waals surface area contributed by atoms with E-state index < -0.39 is 0 Å². The maximum Gasteiger partial charge on any atom is 0.238 e. The van der Waals surface area contributed by atoms with Crippen molar-refractivity contribution in [3.8, 4) is 0 Å². The number of amides is 1. The molecule has 1 aliphatic heterocycles. The molecule has 0 aromatic heterocycles. The highest BCUT2D eigenvalue weighted by Crippen LogP contribution is 2.15. The Morgan fingerprint density at radius 2 is 2.17 bits per heavy atom. The Balaban J connectivity index is 1.83. The Hall–Kier alpha value is -0.620. The van der Waals surface area contributed by atoms with Crippen LogP contribution in [-0.4, -0.2) is 30.4 Å². The molecular weight excluding hydrogens is 339 g/mol. The summed E-state index contributed by atoms with van der Waals surface area (Å²) in [4.78, 5) is 14.2. The SMILES string of the molecule is CC1CCCN(CC(=O)Nc2ccc(I)cc2)C1. The van der Waals surface area contributed by atoms with Crippen LogP contribution >= 0.6 is 22.6 Å². The number of hydrogen-bond donors (Lipinski definition) is 1. The highest BCUT2D eigenvalue weighted by Gasteiger charge is 2.18. The third kappa shape index (κ3) is 4.24. The number of hydrogen-bond acceptors (Lipinski definition) is 2. The summed E-state index contributed by atoms with van der Waals surface area (Å²) in [5, 5.41) is 2.95. The predicted octanol–water partition coefficient (Wildman–Crippen LogP) is 2.96. The van der Waals surface area contributed by atoms with E-state index >= 15 is 0 Å². The minimum absolute atomic E-state index is 0.0882. The molecule has 1 aromatic carbocycles. The first-order valence-electron chi connectivity index (χ1n) is 6.41. The number of nitrogens with one attached hydrogen (secondary N) is 1. The summed E-state index contributed by atoms with van der Waals surface area (Å²) in [6.45, 7) is 4.85. The quantitative estimate of drug-likeness (QED) is 0.843. The summed E-state index contributed by atoms with van der Waals surface area (Å²) in [7, 11) is 0. The van der Waals surface area contributed by atoms with Crippen molar-refractivity contribution in [2.45, 2.75) is 19.8 Å². The zero-order valence-electron chi connectivity index (χ0n) is 10.7. The third-order valence-corrected chi connectivity index (χ3v) is 3.96. The lowest BCUT2D eigenvalue weighted by Crippen LogP contribution is -2.39. The lowest BCUT2D eigenvalue weighted by atomic mass is 10.0. The first kappa shape index (κ1) is 13.8. The van der Waals surface area contributed by atoms with Crippen LogP contribution in [0.5, 0.6) is 0 Å². The predicted molar refractivity (Wildman–Crippen MR) is 82.6 cm³/mol. The minimum Gasteiger partial charge on any atom is -0.325 e. The van der Waals surface area contributed by atoms with Gasteiger partial charge in [-0.2, -0.15) is 0 Å². The van der Waals surface area contributed by atoms with Gasteiger partial charge in [0.2, 0.25) is 5.91 Å². The summed E-state index contributed by atoms with van der Waals surface area (Å²) in [5.41, 5.74) is 0.880. The van der Waals surface area contributed by atoms with Crippen molar-refractivity contribution < 1.29 is 4.79 Å². The summed E-state index contributed by atoms with van der Waals surface area (Å²) >= 11 is 2.26. The molecule has 1 heterocycles. The Bertz CT molecular complexity index is 405. The molecule has 3 nitrogen and oxygen atoms in total. The van der Waals surface area contributed by atoms with Gasteiger partial charge in [-0.1, -0.05) is 6.92 Å². The Kier molecular flexibility index (Phi) is 5.00. The molecule has 0 spiro atoms. The van der Waals surface area contributed by atoms with Gasteiger partial charge in [0.1, 0.15) is 0 Å². The number of rotatable bonds is 3. The number of carbonyl (C=O) groups excluding carboxylic acids is 1. The molecule has 98 valence electrons. The molecule has 1 N–H and O–H groups in total. The van der Waals surface area contributed by atoms with Crippen molar-refractivity contribution in [1.82, 2.24) is 4.90 Å². The van der Waals surface area contributed by atoms with Crippen molar-refractivity contribution in [2.75, 3.05) is 25.0 Å². The van der Waals surface area contributed by atoms with Gasteiger partial charge in [-0.05, 0) is 72.2 Å². The van der Waals surface area contributed by atoms with Crippen LogP contribution in [0.3, 0.4) is 0 Å². The first-order chi connectivity index (χ1) is 8.63. The molecule has 0 aliphatic carbocycles. The molecule has 1 unspecified atom stereocenters. The van der Waals surface area contributed by atoms with Gasteiger partial charge in [-0.3, -0.25) is 9.69 Å². The largest absolute Gasteiger partial charge is 0.325 e. The fourth-order valence-corrected chi connectivity index (χ4v) is 2.73. The number of nitrogens with zero attached hydrogens (tertiary/aromatic N) is 1. The monoisotopic (exact) mass is 358 g/mol. The maximum absolute atomic E-state index is 11.9. The van der Waals surface area contributed by atoms with Crippen LogP contribution in [-0.2, 0) is 4.79 Å². The molecule has 18 heavy (non-hydrogen) atoms. The molecule has 0 saturated carbocycles. The van der Waals surface area contributed by atoms with Crippen molar-refractivity contribution in [3.05, 3.63) is 27.8 Å². The van der Waals surface area contributed by atoms with Crippen LogP contribution < -0.4 is 5.32 Å². The molecule has 1 aliphatic rings. The number of halogens is 1. The highest BCUT2D eigenvalue weighted by atomic mass is 127. The van der Waals surface area contributed by atoms with E-state index in [9.17, 15) is 4.79 Å². The summed E-state index contributed by atoms with van der Waals surface area (Å²) in [5.74, 6) is 0.801. The molecule has 1 saturated heterocycles. The number of anilines is 1. The normalized spacial score (nSPS) is 20.7. The standard InChI is InChI=1S/C14H19IN2O/c1-11-3-2-8-17(9-11)10-14(18)16-13-6-4-12(15)5-7-13/h4-7,11H,2-3,8-10H2,1H3,(H,16,18). The molecular formula is C14H19IN2O. The second-order valence-electron chi connectivity index (χ2n) is 5.04. The van der Waals surface area contributed by atoms with Gasteiger partial charge >= 0.3 is 0 Å². The van der Waals surface area contributed by atoms with Gasteiger partial charge in [0, 0.05) is 15.8 Å². The summed E-state index contributed by atoms with van der Waals surface area (Å²) in [6, 6.07) is 7.88. The molecule has 0 bridgehead atoms. The second kappa shape index (κ2) is 6.52. The minimum atomic E-state index is 0.0882. The zero-order chi connectivity index (χ0) is 13.0. The van der Waals surface area contributed by atoms with Gasteiger partial charge in [-0.25, -0.2) is 0 Å². The number of likely N-dealkylation sites (tertiary alicyclic amines) is 1. The Morgan fingerprint density at radius 3 is 2.83 bits per heavy atom. The smallest absolute Gasteiger partial charge is 0.238 e. The fraction of sp³-hybridized carbons (Fsp3) is 0.500. The fourth-order valence-electron chi connectivity index (χ4n) is 2.37. The van der Waals surface area contributed by atoms with E-state index in [-0.39, 0.29) is 5.91 Å². The first-order valence-corrected chi connectivity index (χ1v) is 7.49. The van der Waals surface area contributed by atoms with Crippen molar-refractivity contribution in [2.24, 2.45) is 5.92 Å². The lowest BCUT2D eigenvalue weighted by molar-refractivity contribution is -0.117.